The third-order valence-corrected chi connectivity index (χ3v) is 5.40. The summed E-state index contributed by atoms with van der Waals surface area (Å²) in [5.41, 5.74) is 8.81. The highest BCUT2D eigenvalue weighted by atomic mass is 127. The molecule has 0 heterocycles. The van der Waals surface area contributed by atoms with Crippen LogP contribution in [0.5, 0.6) is 0 Å². The van der Waals surface area contributed by atoms with E-state index in [0.717, 1.165) is 11.8 Å². The Hall–Kier alpha value is -1.76. The topological polar surface area (TPSA) is 60.2 Å². The maximum Gasteiger partial charge on any atom is 0.193 e. The Morgan fingerprint density at radius 3 is 2.68 bits per heavy atom. The predicted molar refractivity (Wildman–Crippen MR) is 108 cm³/mol. The second kappa shape index (κ2) is 7.23. The first-order chi connectivity index (χ1) is 11.9. The van der Waals surface area contributed by atoms with Crippen LogP contribution in [0.3, 0.4) is 0 Å². The molecule has 0 bridgehead atoms. The van der Waals surface area contributed by atoms with Crippen LogP contribution in [0.2, 0.25) is 5.02 Å². The van der Waals surface area contributed by atoms with E-state index in [2.05, 4.69) is 22.6 Å². The van der Waals surface area contributed by atoms with E-state index in [1.165, 1.54) is 0 Å². The fourth-order valence-electron chi connectivity index (χ4n) is 2.87. The van der Waals surface area contributed by atoms with E-state index in [0.29, 0.717) is 21.7 Å². The van der Waals surface area contributed by atoms with E-state index in [9.17, 15) is 9.59 Å². The number of alkyl halides is 1. The molecule has 0 aromatic heterocycles. The summed E-state index contributed by atoms with van der Waals surface area (Å²) >= 11 is 8.16. The van der Waals surface area contributed by atoms with Crippen molar-refractivity contribution in [3.8, 4) is 0 Å². The van der Waals surface area contributed by atoms with Gasteiger partial charge in [-0.05, 0) is 17.7 Å². The molecule has 0 fully saturated rings. The molecular weight excluding hydrogens is 449 g/mol. The maximum atomic E-state index is 13.0. The molecule has 0 aliphatic heterocycles. The third kappa shape index (κ3) is 3.76. The Labute approximate surface area is 164 Å². The Morgan fingerprint density at radius 2 is 1.96 bits per heavy atom. The maximum absolute atomic E-state index is 13.0. The smallest absolute Gasteiger partial charge is 0.193 e. The molecule has 2 aromatic carbocycles. The van der Waals surface area contributed by atoms with Crippen LogP contribution in [-0.4, -0.2) is 15.6 Å². The van der Waals surface area contributed by atoms with Crippen molar-refractivity contribution in [1.82, 2.24) is 0 Å². The quantitative estimate of drug-likeness (QED) is 0.240. The normalized spacial score (nSPS) is 22.4. The summed E-state index contributed by atoms with van der Waals surface area (Å²) in [6, 6.07) is 14.2. The minimum atomic E-state index is -0.727. The van der Waals surface area contributed by atoms with Crippen molar-refractivity contribution in [1.29, 1.82) is 0 Å². The van der Waals surface area contributed by atoms with Gasteiger partial charge in [-0.1, -0.05) is 88.8 Å². The van der Waals surface area contributed by atoms with Crippen LogP contribution < -0.4 is 5.73 Å². The van der Waals surface area contributed by atoms with Gasteiger partial charge in [0.25, 0.3) is 0 Å². The molecule has 0 spiro atoms. The summed E-state index contributed by atoms with van der Waals surface area (Å²) in [5, 5.41) is 0.508. The Bertz CT molecular complexity index is 902. The van der Waals surface area contributed by atoms with E-state index >= 15 is 0 Å². The molecule has 1 aliphatic rings. The molecule has 2 aromatic rings. The van der Waals surface area contributed by atoms with Gasteiger partial charge >= 0.3 is 0 Å². The zero-order valence-corrected chi connectivity index (χ0v) is 16.1. The number of hydrogen-bond donors (Lipinski definition) is 1. The van der Waals surface area contributed by atoms with Crippen molar-refractivity contribution >= 4 is 46.3 Å². The molecule has 2 unspecified atom stereocenters. The molecule has 2 N–H and O–H groups in total. The lowest BCUT2D eigenvalue weighted by atomic mass is 9.82. The lowest BCUT2D eigenvalue weighted by Gasteiger charge is -2.32. The minimum Gasteiger partial charge on any atom is -0.313 e. The lowest BCUT2D eigenvalue weighted by Crippen LogP contribution is -2.38. The number of carbonyl (C=O) groups excluding carboxylic acids is 2. The molecule has 0 radical (unpaired) electrons. The van der Waals surface area contributed by atoms with E-state index in [4.69, 9.17) is 17.3 Å². The highest BCUT2D eigenvalue weighted by Gasteiger charge is 2.34. The number of ketones is 1. The zero-order valence-electron chi connectivity index (χ0n) is 13.2. The van der Waals surface area contributed by atoms with Crippen LogP contribution in [0.15, 0.2) is 72.3 Å². The largest absolute Gasteiger partial charge is 0.313 e. The lowest BCUT2D eigenvalue weighted by molar-refractivity contribution is -0.104. The Kier molecular flexibility index (Phi) is 5.22. The fourth-order valence-corrected chi connectivity index (χ4v) is 3.76. The predicted octanol–water partition coefficient (Wildman–Crippen LogP) is 4.44. The van der Waals surface area contributed by atoms with Gasteiger partial charge in [0.2, 0.25) is 0 Å². The number of halogens is 2. The summed E-state index contributed by atoms with van der Waals surface area (Å²) in [6.45, 7) is 0. The number of hydrogen-bond acceptors (Lipinski definition) is 3. The first-order valence-corrected chi connectivity index (χ1v) is 9.11. The Morgan fingerprint density at radius 1 is 1.20 bits per heavy atom. The van der Waals surface area contributed by atoms with Gasteiger partial charge in [-0.15, -0.1) is 0 Å². The van der Waals surface area contributed by atoms with Gasteiger partial charge in [-0.25, -0.2) is 0 Å². The summed E-state index contributed by atoms with van der Waals surface area (Å²) < 4.78 is -0.727. The van der Waals surface area contributed by atoms with Crippen LogP contribution >= 0.6 is 34.2 Å². The summed E-state index contributed by atoms with van der Waals surface area (Å²) in [6.07, 6.45) is 6.10. The number of rotatable bonds is 4. The van der Waals surface area contributed by atoms with Crippen LogP contribution in [0, 0.1) is 0 Å². The summed E-state index contributed by atoms with van der Waals surface area (Å²) in [7, 11) is 0. The molecule has 3 rings (SSSR count). The van der Waals surface area contributed by atoms with E-state index in [1.54, 1.807) is 42.5 Å². The second-order valence-electron chi connectivity index (χ2n) is 5.85. The molecule has 1 aliphatic carbocycles. The molecule has 126 valence electrons. The number of carbonyl (C=O) groups is 2. The molecule has 2 atom stereocenters. The monoisotopic (exact) mass is 463 g/mol. The van der Waals surface area contributed by atoms with Gasteiger partial charge < -0.3 is 5.73 Å². The third-order valence-electron chi connectivity index (χ3n) is 4.13. The van der Waals surface area contributed by atoms with Crippen LogP contribution in [0.1, 0.15) is 27.4 Å². The standard InChI is InChI=1S/C20H15ClINO2/c21-15-5-3-4-14(11-15)19(25)17-7-2-1-6-16(17)18-10-13(12-24)8-9-20(18,22)23/h1-12,18H,23H2. The molecule has 25 heavy (non-hydrogen) atoms. The van der Waals surface area contributed by atoms with Crippen molar-refractivity contribution in [3.63, 3.8) is 0 Å². The molecular formula is C20H15ClINO2. The van der Waals surface area contributed by atoms with Crippen LogP contribution in [0.4, 0.5) is 0 Å². The Balaban J connectivity index is 2.10. The van der Waals surface area contributed by atoms with E-state index in [-0.39, 0.29) is 11.7 Å². The second-order valence-corrected chi connectivity index (χ2v) is 8.15. The van der Waals surface area contributed by atoms with Crippen molar-refractivity contribution in [2.45, 2.75) is 9.46 Å². The molecule has 5 heteroatoms. The minimum absolute atomic E-state index is 0.124. The van der Waals surface area contributed by atoms with Crippen molar-refractivity contribution in [2.24, 2.45) is 5.73 Å². The summed E-state index contributed by atoms with van der Waals surface area (Å²) in [4.78, 5) is 24.2. The van der Waals surface area contributed by atoms with Gasteiger partial charge in [0, 0.05) is 27.6 Å². The van der Waals surface area contributed by atoms with Crippen molar-refractivity contribution in [3.05, 3.63) is 94.0 Å². The fraction of sp³-hybridized carbons (Fsp3) is 0.100. The summed E-state index contributed by atoms with van der Waals surface area (Å²) in [5.74, 6) is -0.418. The SMILES string of the molecule is NC1(I)C=CC(C=O)=CC1c1ccccc1C(=O)c1cccc(Cl)c1. The van der Waals surface area contributed by atoms with Gasteiger partial charge in [0.1, 0.15) is 6.29 Å². The van der Waals surface area contributed by atoms with Crippen LogP contribution in [0.25, 0.3) is 0 Å². The van der Waals surface area contributed by atoms with Gasteiger partial charge in [0.05, 0.1) is 3.55 Å². The van der Waals surface area contributed by atoms with E-state index < -0.39 is 3.55 Å². The van der Waals surface area contributed by atoms with E-state index in [1.807, 2.05) is 24.3 Å². The number of benzene rings is 2. The zero-order chi connectivity index (χ0) is 18.0. The van der Waals surface area contributed by atoms with Gasteiger partial charge in [-0.3, -0.25) is 9.59 Å². The molecule has 0 saturated heterocycles. The van der Waals surface area contributed by atoms with Crippen LogP contribution in [-0.2, 0) is 4.79 Å². The van der Waals surface area contributed by atoms with Gasteiger partial charge in [-0.2, -0.15) is 0 Å². The molecule has 3 nitrogen and oxygen atoms in total. The number of aldehydes is 1. The number of allylic oxidation sites excluding steroid dienone is 2. The first kappa shape index (κ1) is 18.0. The first-order valence-electron chi connectivity index (χ1n) is 7.65. The average molecular weight is 464 g/mol. The van der Waals surface area contributed by atoms with Crippen molar-refractivity contribution in [2.75, 3.05) is 0 Å². The average Bonchev–Trinajstić information content (AvgIpc) is 2.61. The highest BCUT2D eigenvalue weighted by Crippen LogP contribution is 2.40. The van der Waals surface area contributed by atoms with Crippen molar-refractivity contribution < 1.29 is 9.59 Å². The molecule has 0 saturated carbocycles. The number of nitrogens with two attached hydrogens (primary N) is 1. The highest BCUT2D eigenvalue weighted by molar-refractivity contribution is 14.1. The van der Waals surface area contributed by atoms with Gasteiger partial charge in [0.15, 0.2) is 5.78 Å². The molecule has 0 amide bonds.